The molecule has 0 aliphatic rings. The van der Waals surface area contributed by atoms with Crippen LogP contribution in [0.2, 0.25) is 0 Å². The molecule has 0 spiro atoms. The Balaban J connectivity index is 1.72. The molecular formula is C23H24N2O4. The van der Waals surface area contributed by atoms with Crippen LogP contribution in [-0.4, -0.2) is 28.7 Å². The zero-order valence-electron chi connectivity index (χ0n) is 16.7. The molecule has 2 atom stereocenters. The van der Waals surface area contributed by atoms with E-state index in [1.165, 1.54) is 6.92 Å². The standard InChI is InChI=1S/C23H24N2O4/c1-14-22(18-11-7-8-12-19(18)24-14)23(28)15(2)29-21(27)13-20(25-16(3)26)17-9-5-4-6-10-17/h4-12,15,20,24H,13H2,1-3H3,(H,25,26)/t15-,20-/m0/s1. The molecule has 0 aliphatic heterocycles. The molecule has 0 radical (unpaired) electrons. The van der Waals surface area contributed by atoms with Gasteiger partial charge in [-0.05, 0) is 25.5 Å². The lowest BCUT2D eigenvalue weighted by molar-refractivity contribution is -0.147. The van der Waals surface area contributed by atoms with Gasteiger partial charge in [0, 0.05) is 29.1 Å². The van der Waals surface area contributed by atoms with Crippen LogP contribution in [0.1, 0.15) is 47.9 Å². The van der Waals surface area contributed by atoms with Crippen molar-refractivity contribution in [3.05, 3.63) is 71.4 Å². The van der Waals surface area contributed by atoms with Gasteiger partial charge in [-0.25, -0.2) is 0 Å². The summed E-state index contributed by atoms with van der Waals surface area (Å²) in [5.41, 5.74) is 2.93. The Bertz CT molecular complexity index is 1040. The van der Waals surface area contributed by atoms with Gasteiger partial charge >= 0.3 is 5.97 Å². The van der Waals surface area contributed by atoms with E-state index in [9.17, 15) is 14.4 Å². The van der Waals surface area contributed by atoms with Gasteiger partial charge in [0.1, 0.15) is 0 Å². The summed E-state index contributed by atoms with van der Waals surface area (Å²) in [7, 11) is 0. The number of ether oxygens (including phenoxy) is 1. The van der Waals surface area contributed by atoms with Crippen molar-refractivity contribution >= 4 is 28.6 Å². The van der Waals surface area contributed by atoms with Gasteiger partial charge in [-0.1, -0.05) is 48.5 Å². The summed E-state index contributed by atoms with van der Waals surface area (Å²) in [6.45, 7) is 4.79. The van der Waals surface area contributed by atoms with E-state index in [0.717, 1.165) is 22.2 Å². The lowest BCUT2D eigenvalue weighted by Gasteiger charge is -2.19. The normalized spacial score (nSPS) is 12.9. The number of para-hydroxylation sites is 1. The van der Waals surface area contributed by atoms with Crippen molar-refractivity contribution in [2.75, 3.05) is 0 Å². The van der Waals surface area contributed by atoms with Crippen LogP contribution in [0.15, 0.2) is 54.6 Å². The highest BCUT2D eigenvalue weighted by atomic mass is 16.5. The number of rotatable bonds is 7. The predicted molar refractivity (Wildman–Crippen MR) is 111 cm³/mol. The fraction of sp³-hybridized carbons (Fsp3) is 0.261. The lowest BCUT2D eigenvalue weighted by atomic mass is 10.0. The summed E-state index contributed by atoms with van der Waals surface area (Å²) in [5, 5.41) is 3.56. The first-order valence-corrected chi connectivity index (χ1v) is 9.50. The number of benzene rings is 2. The van der Waals surface area contributed by atoms with Crippen LogP contribution >= 0.6 is 0 Å². The van der Waals surface area contributed by atoms with Gasteiger partial charge < -0.3 is 15.0 Å². The first-order valence-electron chi connectivity index (χ1n) is 9.50. The molecule has 1 heterocycles. The third-order valence-electron chi connectivity index (χ3n) is 4.77. The molecule has 1 aromatic heterocycles. The van der Waals surface area contributed by atoms with E-state index in [4.69, 9.17) is 4.74 Å². The third kappa shape index (κ3) is 4.71. The summed E-state index contributed by atoms with van der Waals surface area (Å²) in [4.78, 5) is 40.2. The van der Waals surface area contributed by atoms with E-state index in [2.05, 4.69) is 10.3 Å². The summed E-state index contributed by atoms with van der Waals surface area (Å²) >= 11 is 0. The average molecular weight is 392 g/mol. The molecule has 6 nitrogen and oxygen atoms in total. The number of ketones is 1. The number of H-pyrrole nitrogens is 1. The Labute approximate surface area is 169 Å². The molecule has 2 aromatic carbocycles. The number of aryl methyl sites for hydroxylation is 1. The number of hydrogen-bond acceptors (Lipinski definition) is 4. The van der Waals surface area contributed by atoms with Gasteiger partial charge in [0.25, 0.3) is 0 Å². The number of aromatic nitrogens is 1. The van der Waals surface area contributed by atoms with Crippen LogP contribution < -0.4 is 5.32 Å². The van der Waals surface area contributed by atoms with Gasteiger partial charge in [0.15, 0.2) is 6.10 Å². The number of nitrogens with one attached hydrogen (secondary N) is 2. The molecule has 150 valence electrons. The number of aromatic amines is 1. The molecule has 3 aromatic rings. The molecule has 0 saturated carbocycles. The second-order valence-electron chi connectivity index (χ2n) is 7.03. The molecule has 2 N–H and O–H groups in total. The minimum atomic E-state index is -0.936. The number of carbonyl (C=O) groups excluding carboxylic acids is 3. The van der Waals surface area contributed by atoms with Crippen LogP contribution in [0.3, 0.4) is 0 Å². The molecule has 0 bridgehead atoms. The molecule has 29 heavy (non-hydrogen) atoms. The van der Waals surface area contributed by atoms with Crippen LogP contribution in [0.25, 0.3) is 10.9 Å². The van der Waals surface area contributed by atoms with Crippen molar-refractivity contribution in [3.8, 4) is 0 Å². The topological polar surface area (TPSA) is 88.3 Å². The van der Waals surface area contributed by atoms with Gasteiger partial charge in [0.05, 0.1) is 12.5 Å². The van der Waals surface area contributed by atoms with Gasteiger partial charge in [0.2, 0.25) is 11.7 Å². The van der Waals surface area contributed by atoms with E-state index in [1.807, 2.05) is 61.5 Å². The highest BCUT2D eigenvalue weighted by Crippen LogP contribution is 2.24. The van der Waals surface area contributed by atoms with E-state index in [1.54, 1.807) is 6.92 Å². The predicted octanol–water partition coefficient (Wildman–Crippen LogP) is 3.86. The molecular weight excluding hydrogens is 368 g/mol. The maximum atomic E-state index is 12.9. The molecule has 3 rings (SSSR count). The molecule has 0 aliphatic carbocycles. The number of hydrogen-bond donors (Lipinski definition) is 2. The number of esters is 1. The van der Waals surface area contributed by atoms with E-state index >= 15 is 0 Å². The highest BCUT2D eigenvalue weighted by Gasteiger charge is 2.26. The zero-order valence-corrected chi connectivity index (χ0v) is 16.7. The first-order chi connectivity index (χ1) is 13.9. The minimum absolute atomic E-state index is 0.0614. The molecule has 1 amide bonds. The van der Waals surface area contributed by atoms with Crippen molar-refractivity contribution in [1.29, 1.82) is 0 Å². The molecule has 0 saturated heterocycles. The zero-order chi connectivity index (χ0) is 21.0. The van der Waals surface area contributed by atoms with Crippen molar-refractivity contribution in [2.45, 2.75) is 39.3 Å². The average Bonchev–Trinajstić information content (AvgIpc) is 3.02. The highest BCUT2D eigenvalue weighted by molar-refractivity contribution is 6.11. The Morgan fingerprint density at radius 3 is 2.38 bits per heavy atom. The summed E-state index contributed by atoms with van der Waals surface area (Å²) in [6.07, 6.45) is -0.997. The SMILES string of the molecule is CC(=O)N[C@@H](CC(=O)O[C@@H](C)C(=O)c1c(C)[nH]c2ccccc12)c1ccccc1. The summed E-state index contributed by atoms with van der Waals surface area (Å²) < 4.78 is 5.42. The van der Waals surface area contributed by atoms with E-state index in [-0.39, 0.29) is 18.1 Å². The number of Topliss-reactive ketones (excluding diaryl/α,β-unsaturated/α-hetero) is 1. The van der Waals surface area contributed by atoms with E-state index < -0.39 is 18.1 Å². The minimum Gasteiger partial charge on any atom is -0.454 e. The molecule has 0 unspecified atom stereocenters. The second-order valence-corrected chi connectivity index (χ2v) is 7.03. The number of amides is 1. The summed E-state index contributed by atoms with van der Waals surface area (Å²) in [5.74, 6) is -1.06. The smallest absolute Gasteiger partial charge is 0.308 e. The lowest BCUT2D eigenvalue weighted by Crippen LogP contribution is -2.31. The van der Waals surface area contributed by atoms with Crippen LogP contribution in [0.4, 0.5) is 0 Å². The second kappa shape index (κ2) is 8.73. The van der Waals surface area contributed by atoms with Gasteiger partial charge in [-0.3, -0.25) is 14.4 Å². The number of carbonyl (C=O) groups is 3. The van der Waals surface area contributed by atoms with Gasteiger partial charge in [-0.15, -0.1) is 0 Å². The van der Waals surface area contributed by atoms with Crippen LogP contribution in [-0.2, 0) is 14.3 Å². The quantitative estimate of drug-likeness (QED) is 0.472. The fourth-order valence-electron chi connectivity index (χ4n) is 3.45. The number of fused-ring (bicyclic) bond motifs is 1. The van der Waals surface area contributed by atoms with Crippen molar-refractivity contribution in [1.82, 2.24) is 10.3 Å². The maximum absolute atomic E-state index is 12.9. The Kier molecular flexibility index (Phi) is 6.12. The van der Waals surface area contributed by atoms with Crippen LogP contribution in [0.5, 0.6) is 0 Å². The Morgan fingerprint density at radius 2 is 1.69 bits per heavy atom. The van der Waals surface area contributed by atoms with Crippen molar-refractivity contribution < 1.29 is 19.1 Å². The van der Waals surface area contributed by atoms with Crippen molar-refractivity contribution in [3.63, 3.8) is 0 Å². The van der Waals surface area contributed by atoms with Crippen molar-refractivity contribution in [2.24, 2.45) is 0 Å². The maximum Gasteiger partial charge on any atom is 0.308 e. The monoisotopic (exact) mass is 392 g/mol. The molecule has 0 fully saturated rings. The Morgan fingerprint density at radius 1 is 1.03 bits per heavy atom. The Hall–Kier alpha value is -3.41. The van der Waals surface area contributed by atoms with E-state index in [0.29, 0.717) is 5.56 Å². The van der Waals surface area contributed by atoms with Crippen LogP contribution in [0, 0.1) is 6.92 Å². The first kappa shape index (κ1) is 20.3. The fourth-order valence-corrected chi connectivity index (χ4v) is 3.45. The molecule has 6 heteroatoms. The summed E-state index contributed by atoms with van der Waals surface area (Å²) in [6, 6.07) is 16.2. The van der Waals surface area contributed by atoms with Gasteiger partial charge in [-0.2, -0.15) is 0 Å². The largest absolute Gasteiger partial charge is 0.454 e. The third-order valence-corrected chi connectivity index (χ3v) is 4.77.